The molecule has 1 heterocycles. The Morgan fingerprint density at radius 1 is 1.47 bits per heavy atom. The van der Waals surface area contributed by atoms with Crippen LogP contribution in [0.4, 0.5) is 0 Å². The van der Waals surface area contributed by atoms with Crippen LogP contribution in [0.5, 0.6) is 0 Å². The molecule has 0 N–H and O–H groups in total. The average Bonchev–Trinajstić information content (AvgIpc) is 2.50. The molecular weight excluding hydrogens is 186 g/mol. The van der Waals surface area contributed by atoms with Crippen molar-refractivity contribution < 1.29 is 4.79 Å². The van der Waals surface area contributed by atoms with Crippen molar-refractivity contribution in [1.29, 1.82) is 0 Å². The first-order valence-corrected chi connectivity index (χ1v) is 5.87. The van der Waals surface area contributed by atoms with Crippen molar-refractivity contribution in [2.45, 2.75) is 46.5 Å². The number of hydrogen-bond donors (Lipinski definition) is 0. The summed E-state index contributed by atoms with van der Waals surface area (Å²) >= 11 is 0. The Bertz CT molecular complexity index is 250. The number of allylic oxidation sites excluding steroid dienone is 1. The number of carbonyl (C=O) groups excluding carboxylic acids is 1. The molecule has 1 fully saturated rings. The van der Waals surface area contributed by atoms with Crippen molar-refractivity contribution in [2.75, 3.05) is 13.1 Å². The zero-order chi connectivity index (χ0) is 11.5. The fourth-order valence-electron chi connectivity index (χ4n) is 1.87. The highest BCUT2D eigenvalue weighted by Gasteiger charge is 2.21. The summed E-state index contributed by atoms with van der Waals surface area (Å²) in [5.74, 6) is 0.368. The lowest BCUT2D eigenvalue weighted by molar-refractivity contribution is -0.126. The van der Waals surface area contributed by atoms with Gasteiger partial charge in [-0.15, -0.1) is 0 Å². The number of nitrogens with zero attached hydrogens (tertiary/aromatic N) is 1. The Kier molecular flexibility index (Phi) is 3.95. The molecule has 0 radical (unpaired) electrons. The van der Waals surface area contributed by atoms with Gasteiger partial charge < -0.3 is 4.90 Å². The van der Waals surface area contributed by atoms with Crippen molar-refractivity contribution in [3.63, 3.8) is 0 Å². The molecule has 0 aromatic heterocycles. The maximum Gasteiger partial charge on any atom is 0.138 e. The zero-order valence-corrected chi connectivity index (χ0v) is 10.3. The highest BCUT2D eigenvalue weighted by Crippen LogP contribution is 2.21. The van der Waals surface area contributed by atoms with Gasteiger partial charge in [0.15, 0.2) is 0 Å². The highest BCUT2D eigenvalue weighted by atomic mass is 16.1. The van der Waals surface area contributed by atoms with Gasteiger partial charge in [-0.25, -0.2) is 0 Å². The second-order valence-electron chi connectivity index (χ2n) is 5.43. The van der Waals surface area contributed by atoms with Gasteiger partial charge in [-0.05, 0) is 19.3 Å². The third kappa shape index (κ3) is 3.69. The van der Waals surface area contributed by atoms with Gasteiger partial charge in [-0.1, -0.05) is 27.4 Å². The van der Waals surface area contributed by atoms with E-state index in [2.05, 4.69) is 11.5 Å². The Morgan fingerprint density at radius 3 is 2.60 bits per heavy atom. The molecule has 15 heavy (non-hydrogen) atoms. The van der Waals surface area contributed by atoms with E-state index in [0.717, 1.165) is 25.9 Å². The summed E-state index contributed by atoms with van der Waals surface area (Å²) in [5.41, 5.74) is 1.07. The minimum Gasteiger partial charge on any atom is -0.375 e. The number of hydrogen-bond acceptors (Lipinski definition) is 2. The molecule has 0 atom stereocenters. The normalized spacial score (nSPS) is 17.3. The third-order valence-electron chi connectivity index (χ3n) is 3.01. The SMILES string of the molecule is C=C1CCCN1CCCC(=O)C(C)(C)C. The van der Waals surface area contributed by atoms with Crippen molar-refractivity contribution in [3.05, 3.63) is 12.3 Å². The lowest BCUT2D eigenvalue weighted by atomic mass is 9.88. The molecule has 0 saturated carbocycles. The van der Waals surface area contributed by atoms with E-state index in [1.54, 1.807) is 0 Å². The van der Waals surface area contributed by atoms with Crippen LogP contribution in [0, 0.1) is 5.41 Å². The lowest BCUT2D eigenvalue weighted by Crippen LogP contribution is -2.23. The van der Waals surface area contributed by atoms with Crippen LogP contribution in [-0.2, 0) is 4.79 Å². The molecule has 0 aromatic rings. The molecule has 1 saturated heterocycles. The van der Waals surface area contributed by atoms with Crippen molar-refractivity contribution in [1.82, 2.24) is 4.90 Å². The standard InChI is InChI=1S/C13H23NO/c1-11-7-5-9-14(11)10-6-8-12(15)13(2,3)4/h1,5-10H2,2-4H3. The topological polar surface area (TPSA) is 20.3 Å². The lowest BCUT2D eigenvalue weighted by Gasteiger charge is -2.20. The van der Waals surface area contributed by atoms with Gasteiger partial charge in [-0.3, -0.25) is 4.79 Å². The van der Waals surface area contributed by atoms with Crippen LogP contribution < -0.4 is 0 Å². The molecule has 0 bridgehead atoms. The van der Waals surface area contributed by atoms with E-state index in [1.807, 2.05) is 20.8 Å². The van der Waals surface area contributed by atoms with Gasteiger partial charge in [0, 0.05) is 30.6 Å². The maximum atomic E-state index is 11.7. The van der Waals surface area contributed by atoms with Crippen molar-refractivity contribution >= 4 is 5.78 Å². The highest BCUT2D eigenvalue weighted by molar-refractivity contribution is 5.83. The van der Waals surface area contributed by atoms with Gasteiger partial charge in [0.1, 0.15) is 5.78 Å². The second-order valence-corrected chi connectivity index (χ2v) is 5.43. The van der Waals surface area contributed by atoms with E-state index in [9.17, 15) is 4.79 Å². The van der Waals surface area contributed by atoms with E-state index in [4.69, 9.17) is 0 Å². The molecule has 0 amide bonds. The van der Waals surface area contributed by atoms with Gasteiger partial charge in [0.05, 0.1) is 0 Å². The Balaban J connectivity index is 2.22. The molecule has 0 unspecified atom stereocenters. The van der Waals surface area contributed by atoms with Gasteiger partial charge in [0.25, 0.3) is 0 Å². The van der Waals surface area contributed by atoms with Crippen LogP contribution in [0.25, 0.3) is 0 Å². The van der Waals surface area contributed by atoms with Crippen LogP contribution in [0.1, 0.15) is 46.5 Å². The Hall–Kier alpha value is -0.790. The van der Waals surface area contributed by atoms with E-state index in [0.29, 0.717) is 12.2 Å². The fourth-order valence-corrected chi connectivity index (χ4v) is 1.87. The monoisotopic (exact) mass is 209 g/mol. The molecule has 0 aliphatic carbocycles. The smallest absolute Gasteiger partial charge is 0.138 e. The second kappa shape index (κ2) is 4.82. The quantitative estimate of drug-likeness (QED) is 0.709. The first kappa shape index (κ1) is 12.3. The van der Waals surface area contributed by atoms with E-state index in [1.165, 1.54) is 12.1 Å². The first-order valence-electron chi connectivity index (χ1n) is 5.87. The number of ketones is 1. The summed E-state index contributed by atoms with van der Waals surface area (Å²) in [6.45, 7) is 12.1. The molecule has 2 nitrogen and oxygen atoms in total. The van der Waals surface area contributed by atoms with Crippen LogP contribution >= 0.6 is 0 Å². The van der Waals surface area contributed by atoms with Gasteiger partial charge in [0.2, 0.25) is 0 Å². The molecule has 86 valence electrons. The van der Waals surface area contributed by atoms with Gasteiger partial charge >= 0.3 is 0 Å². The van der Waals surface area contributed by atoms with Crippen LogP contribution in [0.3, 0.4) is 0 Å². The number of likely N-dealkylation sites (tertiary alicyclic amines) is 1. The summed E-state index contributed by atoms with van der Waals surface area (Å²) in [6, 6.07) is 0. The molecule has 0 aromatic carbocycles. The van der Waals surface area contributed by atoms with E-state index in [-0.39, 0.29) is 5.41 Å². The summed E-state index contributed by atoms with van der Waals surface area (Å²) in [5, 5.41) is 0. The molecular formula is C13H23NO. The van der Waals surface area contributed by atoms with Gasteiger partial charge in [-0.2, -0.15) is 0 Å². The first-order chi connectivity index (χ1) is 6.91. The molecule has 1 aliphatic rings. The number of carbonyl (C=O) groups is 1. The van der Waals surface area contributed by atoms with Crippen LogP contribution in [0.2, 0.25) is 0 Å². The minimum atomic E-state index is -0.179. The summed E-state index contributed by atoms with van der Waals surface area (Å²) in [7, 11) is 0. The predicted octanol–water partition coefficient (Wildman–Crippen LogP) is 2.99. The van der Waals surface area contributed by atoms with Crippen molar-refractivity contribution in [3.8, 4) is 0 Å². The van der Waals surface area contributed by atoms with E-state index >= 15 is 0 Å². The molecule has 1 aliphatic heterocycles. The van der Waals surface area contributed by atoms with E-state index < -0.39 is 0 Å². The molecule has 2 heteroatoms. The van der Waals surface area contributed by atoms with Crippen molar-refractivity contribution in [2.24, 2.45) is 5.41 Å². The Morgan fingerprint density at radius 2 is 2.13 bits per heavy atom. The summed E-state index contributed by atoms with van der Waals surface area (Å²) < 4.78 is 0. The summed E-state index contributed by atoms with van der Waals surface area (Å²) in [6.07, 6.45) is 4.03. The minimum absolute atomic E-state index is 0.179. The number of rotatable bonds is 4. The van der Waals surface area contributed by atoms with Crippen LogP contribution in [-0.4, -0.2) is 23.8 Å². The Labute approximate surface area is 93.3 Å². The molecule has 0 spiro atoms. The summed E-state index contributed by atoms with van der Waals surface area (Å²) in [4.78, 5) is 14.0. The third-order valence-corrected chi connectivity index (χ3v) is 3.01. The molecule has 1 rings (SSSR count). The predicted molar refractivity (Wildman–Crippen MR) is 63.6 cm³/mol. The maximum absolute atomic E-state index is 11.7. The number of Topliss-reactive ketones (excluding diaryl/α,β-unsaturated/α-hetero) is 1. The largest absolute Gasteiger partial charge is 0.375 e. The fraction of sp³-hybridized carbons (Fsp3) is 0.769. The zero-order valence-electron chi connectivity index (χ0n) is 10.3. The average molecular weight is 209 g/mol. The van der Waals surface area contributed by atoms with Crippen LogP contribution in [0.15, 0.2) is 12.3 Å².